The molecule has 0 saturated heterocycles. The topological polar surface area (TPSA) is 111 Å². The summed E-state index contributed by atoms with van der Waals surface area (Å²) in [5.41, 5.74) is 4.14. The molecule has 0 aliphatic heterocycles. The summed E-state index contributed by atoms with van der Waals surface area (Å²) < 4.78 is 0. The van der Waals surface area contributed by atoms with Crippen LogP contribution in [0.3, 0.4) is 0 Å². The molecule has 8 nitrogen and oxygen atoms in total. The van der Waals surface area contributed by atoms with Crippen molar-refractivity contribution in [1.82, 2.24) is 0 Å². The largest absolute Gasteiger partial charge is 0.301 e. The molecule has 0 aliphatic carbocycles. The number of nitrogens with one attached hydrogen (secondary N) is 1. The third kappa shape index (κ3) is 5.08. The molecule has 9 heteroatoms. The highest BCUT2D eigenvalue weighted by molar-refractivity contribution is 6.30. The summed E-state index contributed by atoms with van der Waals surface area (Å²) in [5, 5.41) is 29.5. The number of rotatable bonds is 7. The Morgan fingerprint density at radius 2 is 1.62 bits per heavy atom. The number of halogens is 1. The number of benzene rings is 4. The molecule has 1 N–H and O–H groups in total. The maximum absolute atomic E-state index is 11.5. The normalized spacial score (nSPS) is 11.6. The second-order valence-electron chi connectivity index (χ2n) is 7.24. The number of allylic oxidation sites excluding steroid dienone is 1. The lowest BCUT2D eigenvalue weighted by molar-refractivity contribution is -0.393. The standard InChI is InChI=1S/C25H17ClN4O4/c26-19-11-8-17(9-12-19)10-14-23(22-7-3-5-18-4-1-2-6-21(18)22)27-28-24-15-13-20(29(31)32)16-25(24)30(33)34/h1-16,28H/b14-10+,27-23-. The van der Waals surface area contributed by atoms with Crippen LogP contribution in [0.2, 0.25) is 5.02 Å². The molecule has 0 unspecified atom stereocenters. The highest BCUT2D eigenvalue weighted by atomic mass is 35.5. The Kier molecular flexibility index (Phi) is 6.61. The van der Waals surface area contributed by atoms with Crippen molar-refractivity contribution in [3.05, 3.63) is 127 Å². The first kappa shape index (κ1) is 22.6. The van der Waals surface area contributed by atoms with Crippen molar-refractivity contribution < 1.29 is 9.85 Å². The van der Waals surface area contributed by atoms with Gasteiger partial charge in [0.1, 0.15) is 5.69 Å². The zero-order chi connectivity index (χ0) is 24.1. The summed E-state index contributed by atoms with van der Waals surface area (Å²) in [6, 6.07) is 24.2. The Labute approximate surface area is 199 Å². The van der Waals surface area contributed by atoms with Gasteiger partial charge in [0.05, 0.1) is 21.6 Å². The molecule has 168 valence electrons. The number of anilines is 1. The summed E-state index contributed by atoms with van der Waals surface area (Å²) >= 11 is 5.97. The first-order valence-corrected chi connectivity index (χ1v) is 10.5. The number of nitro benzene ring substituents is 2. The highest BCUT2D eigenvalue weighted by Gasteiger charge is 2.19. The van der Waals surface area contributed by atoms with Crippen molar-refractivity contribution in [3.63, 3.8) is 0 Å². The van der Waals surface area contributed by atoms with Gasteiger partial charge in [0, 0.05) is 16.7 Å². The zero-order valence-electron chi connectivity index (χ0n) is 17.6. The van der Waals surface area contributed by atoms with E-state index in [1.165, 1.54) is 12.1 Å². The SMILES string of the molecule is O=[N+]([O-])c1ccc(N/N=C(/C=C/c2ccc(Cl)cc2)c2cccc3ccccc23)c([N+](=O)[O-])c1. The molecule has 4 aromatic carbocycles. The fourth-order valence-electron chi connectivity index (χ4n) is 3.38. The molecular formula is C25H17ClN4O4. The van der Waals surface area contributed by atoms with Gasteiger partial charge in [0.15, 0.2) is 0 Å². The van der Waals surface area contributed by atoms with E-state index in [1.807, 2.05) is 60.7 Å². The fraction of sp³-hybridized carbons (Fsp3) is 0. The second kappa shape index (κ2) is 9.93. The van der Waals surface area contributed by atoms with Gasteiger partial charge in [-0.25, -0.2) is 0 Å². The Hall–Kier alpha value is -4.56. The molecule has 0 bridgehead atoms. The number of non-ortho nitro benzene ring substituents is 1. The molecule has 0 aromatic heterocycles. The summed E-state index contributed by atoms with van der Waals surface area (Å²) in [5.74, 6) is 0. The molecule has 0 heterocycles. The molecule has 0 fully saturated rings. The van der Waals surface area contributed by atoms with Crippen LogP contribution in [0.1, 0.15) is 11.1 Å². The first-order chi connectivity index (χ1) is 16.4. The lowest BCUT2D eigenvalue weighted by Gasteiger charge is -2.09. The van der Waals surface area contributed by atoms with Crippen LogP contribution in [-0.4, -0.2) is 15.6 Å². The van der Waals surface area contributed by atoms with E-state index in [9.17, 15) is 20.2 Å². The van der Waals surface area contributed by atoms with E-state index in [0.29, 0.717) is 10.7 Å². The number of fused-ring (bicyclic) bond motifs is 1. The average Bonchev–Trinajstić information content (AvgIpc) is 2.84. The van der Waals surface area contributed by atoms with E-state index in [1.54, 1.807) is 18.2 Å². The third-order valence-electron chi connectivity index (χ3n) is 5.05. The summed E-state index contributed by atoms with van der Waals surface area (Å²) in [7, 11) is 0. The van der Waals surface area contributed by atoms with E-state index < -0.39 is 15.5 Å². The number of hydrogen-bond donors (Lipinski definition) is 1. The molecule has 0 spiro atoms. The van der Waals surface area contributed by atoms with Gasteiger partial charge in [0.25, 0.3) is 5.69 Å². The quantitative estimate of drug-likeness (QED) is 0.180. The van der Waals surface area contributed by atoms with Gasteiger partial charge in [0.2, 0.25) is 0 Å². The van der Waals surface area contributed by atoms with E-state index in [0.717, 1.165) is 28.0 Å². The van der Waals surface area contributed by atoms with Crippen LogP contribution in [0.5, 0.6) is 0 Å². The highest BCUT2D eigenvalue weighted by Crippen LogP contribution is 2.29. The third-order valence-corrected chi connectivity index (χ3v) is 5.31. The Bertz CT molecular complexity index is 1440. The molecule has 4 rings (SSSR count). The minimum Gasteiger partial charge on any atom is -0.271 e. The number of nitrogens with zero attached hydrogens (tertiary/aromatic N) is 3. The zero-order valence-corrected chi connectivity index (χ0v) is 18.3. The van der Waals surface area contributed by atoms with Gasteiger partial charge in [-0.1, -0.05) is 72.3 Å². The second-order valence-corrected chi connectivity index (χ2v) is 7.67. The van der Waals surface area contributed by atoms with Gasteiger partial charge in [-0.3, -0.25) is 25.7 Å². The van der Waals surface area contributed by atoms with Gasteiger partial charge in [-0.15, -0.1) is 0 Å². The summed E-state index contributed by atoms with van der Waals surface area (Å²) in [6.07, 6.45) is 3.64. The lowest BCUT2D eigenvalue weighted by Crippen LogP contribution is -2.04. The molecule has 0 aliphatic rings. The van der Waals surface area contributed by atoms with Crippen molar-refractivity contribution in [1.29, 1.82) is 0 Å². The van der Waals surface area contributed by atoms with Crippen molar-refractivity contribution in [3.8, 4) is 0 Å². The van der Waals surface area contributed by atoms with Crippen molar-refractivity contribution in [2.45, 2.75) is 0 Å². The molecule has 4 aromatic rings. The van der Waals surface area contributed by atoms with E-state index in [-0.39, 0.29) is 11.4 Å². The van der Waals surface area contributed by atoms with Gasteiger partial charge >= 0.3 is 5.69 Å². The molecule has 0 saturated carbocycles. The number of hydrogen-bond acceptors (Lipinski definition) is 6. The van der Waals surface area contributed by atoms with Gasteiger partial charge in [-0.05, 0) is 40.6 Å². The molecule has 0 atom stereocenters. The average molecular weight is 473 g/mol. The molecule has 0 radical (unpaired) electrons. The van der Waals surface area contributed by atoms with Crippen LogP contribution < -0.4 is 5.43 Å². The maximum atomic E-state index is 11.5. The lowest BCUT2D eigenvalue weighted by atomic mass is 10.00. The Morgan fingerprint density at radius 1 is 0.882 bits per heavy atom. The van der Waals surface area contributed by atoms with Crippen molar-refractivity contribution in [2.75, 3.05) is 5.43 Å². The van der Waals surface area contributed by atoms with Crippen LogP contribution >= 0.6 is 11.6 Å². The fourth-order valence-corrected chi connectivity index (χ4v) is 3.51. The molecule has 0 amide bonds. The monoisotopic (exact) mass is 472 g/mol. The van der Waals surface area contributed by atoms with Gasteiger partial charge in [-0.2, -0.15) is 5.10 Å². The van der Waals surface area contributed by atoms with Crippen LogP contribution in [0.4, 0.5) is 17.1 Å². The van der Waals surface area contributed by atoms with Crippen LogP contribution in [0.15, 0.2) is 96.1 Å². The van der Waals surface area contributed by atoms with Crippen LogP contribution in [0.25, 0.3) is 16.8 Å². The van der Waals surface area contributed by atoms with E-state index >= 15 is 0 Å². The summed E-state index contributed by atoms with van der Waals surface area (Å²) in [4.78, 5) is 21.1. The number of hydrazone groups is 1. The molecule has 34 heavy (non-hydrogen) atoms. The van der Waals surface area contributed by atoms with Gasteiger partial charge < -0.3 is 0 Å². The first-order valence-electron chi connectivity index (χ1n) is 10.1. The molecular weight excluding hydrogens is 456 g/mol. The minimum atomic E-state index is -0.689. The predicted molar refractivity (Wildman–Crippen MR) is 134 cm³/mol. The van der Waals surface area contributed by atoms with E-state index in [4.69, 9.17) is 11.6 Å². The van der Waals surface area contributed by atoms with Crippen molar-refractivity contribution >= 4 is 51.2 Å². The Balaban J connectivity index is 1.79. The Morgan fingerprint density at radius 3 is 2.35 bits per heavy atom. The smallest absolute Gasteiger partial charge is 0.271 e. The summed E-state index contributed by atoms with van der Waals surface area (Å²) in [6.45, 7) is 0. The van der Waals surface area contributed by atoms with Crippen LogP contribution in [0, 0.1) is 20.2 Å². The van der Waals surface area contributed by atoms with Crippen molar-refractivity contribution in [2.24, 2.45) is 5.10 Å². The predicted octanol–water partition coefficient (Wildman–Crippen LogP) is 6.84. The number of nitro groups is 2. The van der Waals surface area contributed by atoms with E-state index in [2.05, 4.69) is 10.5 Å². The maximum Gasteiger partial charge on any atom is 0.301 e. The minimum absolute atomic E-state index is 0.0354. The van der Waals surface area contributed by atoms with Crippen LogP contribution in [-0.2, 0) is 0 Å².